The predicted octanol–water partition coefficient (Wildman–Crippen LogP) is 0.154. The SMILES string of the molecule is CC(C)=N/N=C(\C)C(O)O. The Morgan fingerprint density at radius 1 is 1.10 bits per heavy atom. The zero-order valence-corrected chi connectivity index (χ0v) is 6.37. The van der Waals surface area contributed by atoms with E-state index in [9.17, 15) is 0 Å². The van der Waals surface area contributed by atoms with Crippen molar-refractivity contribution < 1.29 is 10.2 Å². The summed E-state index contributed by atoms with van der Waals surface area (Å²) in [5.74, 6) is 0. The molecule has 4 nitrogen and oxygen atoms in total. The van der Waals surface area contributed by atoms with Gasteiger partial charge < -0.3 is 10.2 Å². The van der Waals surface area contributed by atoms with Gasteiger partial charge in [0, 0.05) is 5.71 Å². The van der Waals surface area contributed by atoms with Crippen LogP contribution in [0.5, 0.6) is 0 Å². The Kier molecular flexibility index (Phi) is 3.83. The number of hydrogen-bond acceptors (Lipinski definition) is 4. The molecule has 0 aliphatic rings. The van der Waals surface area contributed by atoms with Gasteiger partial charge in [-0.05, 0) is 20.8 Å². The topological polar surface area (TPSA) is 65.2 Å². The van der Waals surface area contributed by atoms with Gasteiger partial charge in [-0.15, -0.1) is 0 Å². The lowest BCUT2D eigenvalue weighted by molar-refractivity contribution is 0.0190. The minimum Gasteiger partial charge on any atom is -0.363 e. The van der Waals surface area contributed by atoms with Crippen molar-refractivity contribution in [1.82, 2.24) is 0 Å². The smallest absolute Gasteiger partial charge is 0.193 e. The second-order valence-electron chi connectivity index (χ2n) is 2.16. The molecular weight excluding hydrogens is 132 g/mol. The number of aliphatic hydroxyl groups excluding tert-OH is 1. The maximum absolute atomic E-state index is 8.49. The van der Waals surface area contributed by atoms with Gasteiger partial charge in [-0.25, -0.2) is 0 Å². The van der Waals surface area contributed by atoms with Crippen LogP contribution >= 0.6 is 0 Å². The summed E-state index contributed by atoms with van der Waals surface area (Å²) in [7, 11) is 0. The maximum Gasteiger partial charge on any atom is 0.193 e. The molecule has 0 heterocycles. The van der Waals surface area contributed by atoms with Crippen molar-refractivity contribution in [2.75, 3.05) is 0 Å². The van der Waals surface area contributed by atoms with E-state index in [-0.39, 0.29) is 5.71 Å². The molecule has 0 unspecified atom stereocenters. The molecule has 0 amide bonds. The van der Waals surface area contributed by atoms with Gasteiger partial charge in [0.25, 0.3) is 0 Å². The van der Waals surface area contributed by atoms with Crippen LogP contribution in [-0.2, 0) is 0 Å². The summed E-state index contributed by atoms with van der Waals surface area (Å²) in [6, 6.07) is 0. The van der Waals surface area contributed by atoms with E-state index in [1.807, 2.05) is 0 Å². The summed E-state index contributed by atoms with van der Waals surface area (Å²) in [5, 5.41) is 24.1. The first-order valence-electron chi connectivity index (χ1n) is 2.95. The van der Waals surface area contributed by atoms with Crippen LogP contribution in [-0.4, -0.2) is 27.9 Å². The summed E-state index contributed by atoms with van der Waals surface area (Å²) in [6.45, 7) is 5.05. The van der Waals surface area contributed by atoms with E-state index < -0.39 is 6.29 Å². The van der Waals surface area contributed by atoms with E-state index in [2.05, 4.69) is 10.2 Å². The van der Waals surface area contributed by atoms with Gasteiger partial charge in [0.1, 0.15) is 0 Å². The van der Waals surface area contributed by atoms with E-state index in [1.54, 1.807) is 13.8 Å². The molecule has 58 valence electrons. The molecule has 0 saturated heterocycles. The second-order valence-corrected chi connectivity index (χ2v) is 2.16. The van der Waals surface area contributed by atoms with E-state index in [4.69, 9.17) is 10.2 Å². The number of aliphatic hydroxyl groups is 2. The molecular formula is C6H12N2O2. The van der Waals surface area contributed by atoms with Crippen molar-refractivity contribution >= 4 is 11.4 Å². The van der Waals surface area contributed by atoms with E-state index in [0.29, 0.717) is 0 Å². The fourth-order valence-electron chi connectivity index (χ4n) is 0.231. The lowest BCUT2D eigenvalue weighted by Gasteiger charge is -1.97. The van der Waals surface area contributed by atoms with Crippen molar-refractivity contribution in [3.63, 3.8) is 0 Å². The van der Waals surface area contributed by atoms with Crippen LogP contribution in [0.3, 0.4) is 0 Å². The maximum atomic E-state index is 8.49. The Bertz CT molecular complexity index is 157. The Labute approximate surface area is 59.9 Å². The molecule has 0 rings (SSSR count). The molecule has 0 radical (unpaired) electrons. The summed E-state index contributed by atoms with van der Waals surface area (Å²) >= 11 is 0. The average molecular weight is 144 g/mol. The zero-order chi connectivity index (χ0) is 8.15. The fourth-order valence-corrected chi connectivity index (χ4v) is 0.231. The van der Waals surface area contributed by atoms with Crippen molar-refractivity contribution in [1.29, 1.82) is 0 Å². The van der Waals surface area contributed by atoms with Crippen molar-refractivity contribution in [2.45, 2.75) is 27.1 Å². The molecule has 2 N–H and O–H groups in total. The van der Waals surface area contributed by atoms with Gasteiger partial charge in [-0.3, -0.25) is 0 Å². The van der Waals surface area contributed by atoms with Gasteiger partial charge in [-0.1, -0.05) is 0 Å². The Hall–Kier alpha value is -0.740. The van der Waals surface area contributed by atoms with Gasteiger partial charge in [0.05, 0.1) is 5.71 Å². The summed E-state index contributed by atoms with van der Waals surface area (Å²) in [5.41, 5.74) is 0.973. The van der Waals surface area contributed by atoms with Crippen LogP contribution < -0.4 is 0 Å². The molecule has 4 heteroatoms. The quantitative estimate of drug-likeness (QED) is 0.329. The Morgan fingerprint density at radius 2 is 1.60 bits per heavy atom. The molecule has 0 saturated carbocycles. The third kappa shape index (κ3) is 4.17. The molecule has 0 aromatic rings. The first-order chi connectivity index (χ1) is 4.54. The molecule has 0 aliphatic heterocycles. The van der Waals surface area contributed by atoms with Gasteiger partial charge >= 0.3 is 0 Å². The van der Waals surface area contributed by atoms with E-state index in [0.717, 1.165) is 5.71 Å². The van der Waals surface area contributed by atoms with Crippen molar-refractivity contribution in [3.05, 3.63) is 0 Å². The molecule has 0 aromatic carbocycles. The van der Waals surface area contributed by atoms with Crippen LogP contribution in [0.25, 0.3) is 0 Å². The first kappa shape index (κ1) is 9.26. The summed E-state index contributed by atoms with van der Waals surface area (Å²) in [6.07, 6.45) is -1.50. The largest absolute Gasteiger partial charge is 0.363 e. The van der Waals surface area contributed by atoms with E-state index >= 15 is 0 Å². The van der Waals surface area contributed by atoms with E-state index in [1.165, 1.54) is 6.92 Å². The van der Waals surface area contributed by atoms with Gasteiger partial charge in [0.15, 0.2) is 6.29 Å². The highest BCUT2D eigenvalue weighted by Crippen LogP contribution is 1.85. The van der Waals surface area contributed by atoms with Crippen LogP contribution in [0.2, 0.25) is 0 Å². The zero-order valence-electron chi connectivity index (χ0n) is 6.37. The van der Waals surface area contributed by atoms with Crippen LogP contribution in [0, 0.1) is 0 Å². The number of nitrogens with zero attached hydrogens (tertiary/aromatic N) is 2. The molecule has 0 atom stereocenters. The molecule has 0 aromatic heterocycles. The monoisotopic (exact) mass is 144 g/mol. The minimum absolute atomic E-state index is 0.196. The van der Waals surface area contributed by atoms with Crippen molar-refractivity contribution in [3.8, 4) is 0 Å². The highest BCUT2D eigenvalue weighted by Gasteiger charge is 1.99. The molecule has 0 bridgehead atoms. The predicted molar refractivity (Wildman–Crippen MR) is 40.1 cm³/mol. The minimum atomic E-state index is -1.50. The highest BCUT2D eigenvalue weighted by molar-refractivity contribution is 5.86. The number of hydrogen-bond donors (Lipinski definition) is 2. The number of rotatable bonds is 2. The molecule has 10 heavy (non-hydrogen) atoms. The van der Waals surface area contributed by atoms with Crippen LogP contribution in [0.1, 0.15) is 20.8 Å². The van der Waals surface area contributed by atoms with Crippen LogP contribution in [0.15, 0.2) is 10.2 Å². The Balaban J connectivity index is 4.05. The third-order valence-corrected chi connectivity index (χ3v) is 0.781. The third-order valence-electron chi connectivity index (χ3n) is 0.781. The second kappa shape index (κ2) is 4.14. The lowest BCUT2D eigenvalue weighted by Crippen LogP contribution is -2.15. The Morgan fingerprint density at radius 3 is 1.90 bits per heavy atom. The molecule has 0 spiro atoms. The normalized spacial score (nSPS) is 12.0. The summed E-state index contributed by atoms with van der Waals surface area (Å²) < 4.78 is 0. The first-order valence-corrected chi connectivity index (χ1v) is 2.95. The van der Waals surface area contributed by atoms with Gasteiger partial charge in [0.2, 0.25) is 0 Å². The van der Waals surface area contributed by atoms with Crippen LogP contribution in [0.4, 0.5) is 0 Å². The standard InChI is InChI=1S/C6H12N2O2/c1-4(2)7-8-5(3)6(9)10/h6,9-10H,1-3H3/b8-5+. The lowest BCUT2D eigenvalue weighted by atomic mass is 10.4. The average Bonchev–Trinajstić information content (AvgIpc) is 1.82. The molecule has 0 fully saturated rings. The fraction of sp³-hybridized carbons (Fsp3) is 0.667. The summed E-state index contributed by atoms with van der Waals surface area (Å²) in [4.78, 5) is 0. The van der Waals surface area contributed by atoms with Crippen molar-refractivity contribution in [2.24, 2.45) is 10.2 Å². The molecule has 0 aliphatic carbocycles. The van der Waals surface area contributed by atoms with Gasteiger partial charge in [-0.2, -0.15) is 10.2 Å². The highest BCUT2D eigenvalue weighted by atomic mass is 16.5.